The first-order valence-corrected chi connectivity index (χ1v) is 8.14. The van der Waals surface area contributed by atoms with Crippen LogP contribution in [0, 0.1) is 5.92 Å². The van der Waals surface area contributed by atoms with Crippen LogP contribution in [-0.4, -0.2) is 40.0 Å². The van der Waals surface area contributed by atoms with Crippen LogP contribution in [-0.2, 0) is 16.0 Å². The minimum absolute atomic E-state index is 0.00795. The molecule has 6 heteroatoms. The molecule has 1 aromatic carbocycles. The van der Waals surface area contributed by atoms with Crippen LogP contribution in [0.5, 0.6) is 0 Å². The number of carboxylic acids is 1. The quantitative estimate of drug-likeness (QED) is 0.881. The maximum atomic E-state index is 12.1. The van der Waals surface area contributed by atoms with E-state index in [4.69, 9.17) is 9.52 Å². The van der Waals surface area contributed by atoms with Crippen LogP contribution in [0.15, 0.2) is 40.9 Å². The summed E-state index contributed by atoms with van der Waals surface area (Å²) in [5.74, 6) is 0.105. The van der Waals surface area contributed by atoms with Gasteiger partial charge in [0.1, 0.15) is 0 Å². The van der Waals surface area contributed by atoms with E-state index in [1.165, 1.54) is 0 Å². The summed E-state index contributed by atoms with van der Waals surface area (Å²) in [6.07, 6.45) is 3.86. The van der Waals surface area contributed by atoms with Crippen LogP contribution in [0.2, 0.25) is 0 Å². The number of rotatable bonds is 6. The third-order valence-electron chi connectivity index (χ3n) is 4.28. The number of aliphatic carboxylic acids is 1. The largest absolute Gasteiger partial charge is 0.481 e. The maximum absolute atomic E-state index is 12.1. The van der Waals surface area contributed by atoms with Crippen LogP contribution < -0.4 is 0 Å². The Morgan fingerprint density at radius 1 is 1.29 bits per heavy atom. The second kappa shape index (κ2) is 7.29. The van der Waals surface area contributed by atoms with Crippen LogP contribution in [0.4, 0.5) is 0 Å². The molecule has 1 unspecified atom stereocenters. The third kappa shape index (κ3) is 3.82. The summed E-state index contributed by atoms with van der Waals surface area (Å²) in [6, 6.07) is 9.74. The van der Waals surface area contributed by atoms with Gasteiger partial charge in [-0.1, -0.05) is 30.3 Å². The molecule has 126 valence electrons. The minimum atomic E-state index is -0.821. The predicted molar refractivity (Wildman–Crippen MR) is 87.2 cm³/mol. The first-order chi connectivity index (χ1) is 11.6. The predicted octanol–water partition coefficient (Wildman–Crippen LogP) is 2.60. The number of nitrogens with zero attached hydrogens (tertiary/aromatic N) is 2. The van der Waals surface area contributed by atoms with Gasteiger partial charge in [-0.2, -0.15) is 0 Å². The van der Waals surface area contributed by atoms with Gasteiger partial charge in [0.05, 0.1) is 12.1 Å². The highest BCUT2D eigenvalue weighted by Gasteiger charge is 2.30. The summed E-state index contributed by atoms with van der Waals surface area (Å²) in [6.45, 7) is 0.859. The molecule has 3 rings (SSSR count). The summed E-state index contributed by atoms with van der Waals surface area (Å²) < 4.78 is 5.71. The number of likely N-dealkylation sites (tertiary alicyclic amines) is 1. The molecule has 1 fully saturated rings. The van der Waals surface area contributed by atoms with Crippen molar-refractivity contribution in [3.8, 4) is 11.3 Å². The molecule has 2 aromatic rings. The monoisotopic (exact) mass is 328 g/mol. The highest BCUT2D eigenvalue weighted by molar-refractivity contribution is 5.78. The van der Waals surface area contributed by atoms with Gasteiger partial charge in [-0.15, -0.1) is 0 Å². The summed E-state index contributed by atoms with van der Waals surface area (Å²) in [5.41, 5.74) is 0.976. The van der Waals surface area contributed by atoms with Crippen molar-refractivity contribution in [2.75, 3.05) is 13.1 Å². The van der Waals surface area contributed by atoms with Gasteiger partial charge in [-0.25, -0.2) is 4.98 Å². The van der Waals surface area contributed by atoms with Gasteiger partial charge >= 0.3 is 5.97 Å². The molecular weight excluding hydrogens is 308 g/mol. The zero-order valence-electron chi connectivity index (χ0n) is 13.4. The van der Waals surface area contributed by atoms with Crippen LogP contribution >= 0.6 is 0 Å². The van der Waals surface area contributed by atoms with E-state index >= 15 is 0 Å². The molecule has 6 nitrogen and oxygen atoms in total. The fourth-order valence-electron chi connectivity index (χ4n) is 2.90. The Labute approximate surface area is 140 Å². The summed E-state index contributed by atoms with van der Waals surface area (Å²) in [5, 5.41) is 8.98. The number of benzene rings is 1. The molecule has 24 heavy (non-hydrogen) atoms. The Hall–Kier alpha value is -2.63. The van der Waals surface area contributed by atoms with Crippen molar-refractivity contribution in [3.63, 3.8) is 0 Å². The molecule has 0 saturated carbocycles. The van der Waals surface area contributed by atoms with Gasteiger partial charge in [0, 0.05) is 31.5 Å². The van der Waals surface area contributed by atoms with E-state index in [-0.39, 0.29) is 5.91 Å². The van der Waals surface area contributed by atoms with Gasteiger partial charge in [-0.05, 0) is 12.8 Å². The Morgan fingerprint density at radius 3 is 2.79 bits per heavy atom. The number of oxazole rings is 1. The Bertz CT molecular complexity index is 711. The van der Waals surface area contributed by atoms with Crippen LogP contribution in [0.3, 0.4) is 0 Å². The van der Waals surface area contributed by atoms with Crippen molar-refractivity contribution in [2.45, 2.75) is 25.7 Å². The van der Waals surface area contributed by atoms with Crippen molar-refractivity contribution < 1.29 is 19.1 Å². The number of carbonyl (C=O) groups is 2. The lowest BCUT2D eigenvalue weighted by Gasteiger charge is -2.15. The van der Waals surface area contributed by atoms with Crippen molar-refractivity contribution in [3.05, 3.63) is 42.4 Å². The lowest BCUT2D eigenvalue weighted by atomic mass is 10.1. The molecule has 1 aliphatic heterocycles. The third-order valence-corrected chi connectivity index (χ3v) is 4.28. The van der Waals surface area contributed by atoms with Gasteiger partial charge in [-0.3, -0.25) is 9.59 Å². The van der Waals surface area contributed by atoms with Crippen molar-refractivity contribution in [1.29, 1.82) is 0 Å². The van der Waals surface area contributed by atoms with Crippen molar-refractivity contribution >= 4 is 11.9 Å². The first-order valence-electron chi connectivity index (χ1n) is 8.14. The molecule has 0 bridgehead atoms. The number of hydrogen-bond donors (Lipinski definition) is 1. The molecule has 2 heterocycles. The molecule has 0 spiro atoms. The van der Waals surface area contributed by atoms with E-state index in [0.717, 1.165) is 11.3 Å². The number of aryl methyl sites for hydroxylation is 1. The minimum Gasteiger partial charge on any atom is -0.481 e. The zero-order valence-corrected chi connectivity index (χ0v) is 13.4. The second-order valence-electron chi connectivity index (χ2n) is 6.00. The average molecular weight is 328 g/mol. The Balaban J connectivity index is 1.46. The lowest BCUT2D eigenvalue weighted by Crippen LogP contribution is -2.29. The summed E-state index contributed by atoms with van der Waals surface area (Å²) >= 11 is 0. The molecule has 0 radical (unpaired) electrons. The number of hydrogen-bond acceptors (Lipinski definition) is 4. The van der Waals surface area contributed by atoms with E-state index in [2.05, 4.69) is 4.98 Å². The maximum Gasteiger partial charge on any atom is 0.308 e. The van der Waals surface area contributed by atoms with Gasteiger partial charge < -0.3 is 14.4 Å². The molecular formula is C18H20N2O4. The fraction of sp³-hybridized carbons (Fsp3) is 0.389. The number of amides is 1. The van der Waals surface area contributed by atoms with Gasteiger partial charge in [0.25, 0.3) is 0 Å². The SMILES string of the molecule is O=C(O)C1CCN(C(=O)CCCc2ncc(-c3ccccc3)o2)C1. The molecule has 1 aliphatic rings. The highest BCUT2D eigenvalue weighted by Crippen LogP contribution is 2.21. The average Bonchev–Trinajstić information content (AvgIpc) is 3.25. The molecule has 1 saturated heterocycles. The molecule has 0 aliphatic carbocycles. The molecule has 1 N–H and O–H groups in total. The van der Waals surface area contributed by atoms with E-state index in [9.17, 15) is 9.59 Å². The normalized spacial score (nSPS) is 17.2. The lowest BCUT2D eigenvalue weighted by molar-refractivity contribution is -0.141. The zero-order chi connectivity index (χ0) is 16.9. The number of carboxylic acid groups (broad SMARTS) is 1. The standard InChI is InChI=1S/C18H20N2O4/c21-17(20-10-9-14(12-20)18(22)23)8-4-7-16-19-11-15(24-16)13-5-2-1-3-6-13/h1-3,5-6,11,14H,4,7-10,12H2,(H,22,23). The Kier molecular flexibility index (Phi) is 4.93. The van der Waals surface area contributed by atoms with Crippen molar-refractivity contribution in [1.82, 2.24) is 9.88 Å². The summed E-state index contributed by atoms with van der Waals surface area (Å²) in [4.78, 5) is 28.9. The van der Waals surface area contributed by atoms with E-state index in [1.54, 1.807) is 11.1 Å². The van der Waals surface area contributed by atoms with Gasteiger partial charge in [0.2, 0.25) is 5.91 Å². The van der Waals surface area contributed by atoms with Crippen LogP contribution in [0.25, 0.3) is 11.3 Å². The number of aromatic nitrogens is 1. The van der Waals surface area contributed by atoms with Crippen molar-refractivity contribution in [2.24, 2.45) is 5.92 Å². The molecule has 1 atom stereocenters. The molecule has 1 amide bonds. The van der Waals surface area contributed by atoms with Crippen LogP contribution in [0.1, 0.15) is 25.2 Å². The van der Waals surface area contributed by atoms with E-state index < -0.39 is 11.9 Å². The van der Waals surface area contributed by atoms with E-state index in [1.807, 2.05) is 30.3 Å². The Morgan fingerprint density at radius 2 is 2.08 bits per heavy atom. The number of carbonyl (C=O) groups excluding carboxylic acids is 1. The van der Waals surface area contributed by atoms with Gasteiger partial charge in [0.15, 0.2) is 11.7 Å². The molecule has 1 aromatic heterocycles. The van der Waals surface area contributed by atoms with E-state index in [0.29, 0.717) is 44.7 Å². The highest BCUT2D eigenvalue weighted by atomic mass is 16.4. The smallest absolute Gasteiger partial charge is 0.308 e. The fourth-order valence-corrected chi connectivity index (χ4v) is 2.90. The summed E-state index contributed by atoms with van der Waals surface area (Å²) in [7, 11) is 0. The second-order valence-corrected chi connectivity index (χ2v) is 6.00. The topological polar surface area (TPSA) is 83.6 Å². The first kappa shape index (κ1) is 16.2.